The Balaban J connectivity index is 1.91. The molecule has 24 heavy (non-hydrogen) atoms. The summed E-state index contributed by atoms with van der Waals surface area (Å²) in [5.74, 6) is -1.13. The summed E-state index contributed by atoms with van der Waals surface area (Å²) in [6.45, 7) is 1.58. The van der Waals surface area contributed by atoms with Crippen molar-refractivity contribution in [2.45, 2.75) is 11.1 Å². The van der Waals surface area contributed by atoms with Gasteiger partial charge in [-0.05, 0) is 48.9 Å². The molecule has 0 aliphatic rings. The second-order valence-electron chi connectivity index (χ2n) is 5.13. The fraction of sp³-hybridized carbons (Fsp3) is 0.0625. The lowest BCUT2D eigenvalue weighted by molar-refractivity contribution is 0.0701. The first-order valence-electron chi connectivity index (χ1n) is 6.97. The van der Waals surface area contributed by atoms with Crippen LogP contribution in [0.25, 0.3) is 5.69 Å². The van der Waals surface area contributed by atoms with Gasteiger partial charge in [-0.3, -0.25) is 4.72 Å². The Labute approximate surface area is 143 Å². The molecule has 124 valence electrons. The molecule has 0 spiro atoms. The summed E-state index contributed by atoms with van der Waals surface area (Å²) in [6, 6.07) is 12.1. The first-order chi connectivity index (χ1) is 11.4. The zero-order chi connectivity index (χ0) is 17.3. The number of hydrogen-bond donors (Lipinski definition) is 2. The van der Waals surface area contributed by atoms with Crippen molar-refractivity contribution in [2.75, 3.05) is 4.72 Å². The van der Waals surface area contributed by atoms with Crippen molar-refractivity contribution < 1.29 is 18.3 Å². The zero-order valence-corrected chi connectivity index (χ0v) is 14.3. The van der Waals surface area contributed by atoms with Crippen molar-refractivity contribution >= 4 is 33.0 Å². The van der Waals surface area contributed by atoms with Crippen molar-refractivity contribution in [2.24, 2.45) is 0 Å². The fourth-order valence-electron chi connectivity index (χ4n) is 2.24. The molecule has 2 N–H and O–H groups in total. The van der Waals surface area contributed by atoms with E-state index in [1.165, 1.54) is 6.07 Å². The van der Waals surface area contributed by atoms with Gasteiger partial charge in [0.2, 0.25) is 0 Å². The van der Waals surface area contributed by atoms with E-state index in [4.69, 9.17) is 5.11 Å². The number of nitrogens with one attached hydrogen (secondary N) is 1. The van der Waals surface area contributed by atoms with Crippen molar-refractivity contribution in [3.8, 4) is 5.69 Å². The van der Waals surface area contributed by atoms with E-state index in [-0.39, 0.29) is 9.09 Å². The predicted molar refractivity (Wildman–Crippen MR) is 92.6 cm³/mol. The van der Waals surface area contributed by atoms with E-state index in [0.717, 1.165) is 17.0 Å². The Morgan fingerprint density at radius 2 is 1.88 bits per heavy atom. The van der Waals surface area contributed by atoms with E-state index in [1.54, 1.807) is 25.1 Å². The Kier molecular flexibility index (Phi) is 4.16. The molecule has 0 atom stereocenters. The summed E-state index contributed by atoms with van der Waals surface area (Å²) in [5, 5.41) is 9.07. The van der Waals surface area contributed by atoms with E-state index in [1.807, 2.05) is 35.2 Å². The molecule has 0 saturated heterocycles. The number of aromatic nitrogens is 1. The Morgan fingerprint density at radius 3 is 2.50 bits per heavy atom. The maximum atomic E-state index is 12.5. The topological polar surface area (TPSA) is 88.4 Å². The average molecular weight is 362 g/mol. The smallest absolute Gasteiger partial charge is 0.346 e. The van der Waals surface area contributed by atoms with Crippen LogP contribution < -0.4 is 4.72 Å². The highest BCUT2D eigenvalue weighted by molar-refractivity contribution is 7.94. The van der Waals surface area contributed by atoms with Crippen LogP contribution in [-0.4, -0.2) is 24.1 Å². The van der Waals surface area contributed by atoms with Gasteiger partial charge in [0.15, 0.2) is 0 Å². The Bertz CT molecular complexity index is 989. The molecule has 2 aromatic heterocycles. The van der Waals surface area contributed by atoms with Crippen LogP contribution >= 0.6 is 11.3 Å². The summed E-state index contributed by atoms with van der Waals surface area (Å²) in [4.78, 5) is 11.1. The molecule has 3 aromatic rings. The number of rotatable bonds is 5. The lowest BCUT2D eigenvalue weighted by atomic mass is 10.3. The number of thiophene rings is 1. The quantitative estimate of drug-likeness (QED) is 0.728. The van der Waals surface area contributed by atoms with Crippen molar-refractivity contribution in [1.29, 1.82) is 0 Å². The molecule has 3 rings (SSSR count). The summed E-state index contributed by atoms with van der Waals surface area (Å²) in [6.07, 6.45) is 3.71. The number of carboxylic acid groups (broad SMARTS) is 1. The standard InChI is InChI=1S/C16H14N2O4S2/c1-11-9-14(23-15(11)16(19)20)24(21,22)17-12-5-4-6-13(10-12)18-7-2-3-8-18/h2-10,17H,1H3,(H,19,20). The minimum absolute atomic E-state index is 0.0243. The minimum atomic E-state index is -3.84. The molecule has 0 aliphatic carbocycles. The van der Waals surface area contributed by atoms with E-state index in [2.05, 4.69) is 4.72 Å². The van der Waals surface area contributed by atoms with Crippen LogP contribution in [0.2, 0.25) is 0 Å². The van der Waals surface area contributed by atoms with Crippen LogP contribution in [0.1, 0.15) is 15.2 Å². The monoisotopic (exact) mass is 362 g/mol. The zero-order valence-electron chi connectivity index (χ0n) is 12.6. The number of carboxylic acids is 1. The average Bonchev–Trinajstić information content (AvgIpc) is 3.16. The second kappa shape index (κ2) is 6.14. The van der Waals surface area contributed by atoms with Crippen LogP contribution in [0.5, 0.6) is 0 Å². The van der Waals surface area contributed by atoms with Crippen molar-refractivity contribution in [3.63, 3.8) is 0 Å². The van der Waals surface area contributed by atoms with Crippen molar-refractivity contribution in [1.82, 2.24) is 4.57 Å². The van der Waals surface area contributed by atoms with Gasteiger partial charge in [-0.15, -0.1) is 11.3 Å². The third-order valence-corrected chi connectivity index (χ3v) is 6.44. The van der Waals surface area contributed by atoms with Gasteiger partial charge in [-0.2, -0.15) is 0 Å². The lowest BCUT2D eigenvalue weighted by Gasteiger charge is -2.09. The van der Waals surface area contributed by atoms with Gasteiger partial charge in [-0.25, -0.2) is 13.2 Å². The third kappa shape index (κ3) is 3.19. The molecule has 0 radical (unpaired) electrons. The molecule has 8 heteroatoms. The van der Waals surface area contributed by atoms with Gasteiger partial charge in [0.1, 0.15) is 9.09 Å². The first-order valence-corrected chi connectivity index (χ1v) is 9.27. The van der Waals surface area contributed by atoms with E-state index < -0.39 is 16.0 Å². The Morgan fingerprint density at radius 1 is 1.17 bits per heavy atom. The number of benzene rings is 1. The van der Waals surface area contributed by atoms with Crippen molar-refractivity contribution in [3.05, 3.63) is 65.3 Å². The molecule has 0 aliphatic heterocycles. The molecule has 0 unspecified atom stereocenters. The highest BCUT2D eigenvalue weighted by Gasteiger charge is 2.21. The van der Waals surface area contributed by atoms with Gasteiger partial charge in [0.25, 0.3) is 10.0 Å². The Hall–Kier alpha value is -2.58. The number of hydrogen-bond acceptors (Lipinski definition) is 4. The summed E-state index contributed by atoms with van der Waals surface area (Å²) >= 11 is 0.741. The number of carbonyl (C=O) groups is 1. The molecular formula is C16H14N2O4S2. The highest BCUT2D eigenvalue weighted by atomic mass is 32.2. The van der Waals surface area contributed by atoms with Crippen LogP contribution in [0.15, 0.2) is 59.1 Å². The van der Waals surface area contributed by atoms with Gasteiger partial charge in [0, 0.05) is 18.1 Å². The number of anilines is 1. The van der Waals surface area contributed by atoms with E-state index >= 15 is 0 Å². The predicted octanol–water partition coefficient (Wildman–Crippen LogP) is 3.35. The molecular weight excluding hydrogens is 348 g/mol. The first kappa shape index (κ1) is 16.3. The second-order valence-corrected chi connectivity index (χ2v) is 8.09. The molecule has 2 heterocycles. The molecule has 1 aromatic carbocycles. The maximum Gasteiger partial charge on any atom is 0.346 e. The van der Waals surface area contributed by atoms with Gasteiger partial charge in [0.05, 0.1) is 5.69 Å². The van der Waals surface area contributed by atoms with Crippen LogP contribution in [0.4, 0.5) is 5.69 Å². The van der Waals surface area contributed by atoms with Gasteiger partial charge < -0.3 is 9.67 Å². The molecule has 6 nitrogen and oxygen atoms in total. The SMILES string of the molecule is Cc1cc(S(=O)(=O)Nc2cccc(-n3cccc3)c2)sc1C(=O)O. The number of sulfonamides is 1. The summed E-state index contributed by atoms with van der Waals surface area (Å²) in [7, 11) is -3.84. The maximum absolute atomic E-state index is 12.5. The molecule has 0 saturated carbocycles. The fourth-order valence-corrected chi connectivity index (χ4v) is 4.67. The van der Waals surface area contributed by atoms with Crippen LogP contribution in [-0.2, 0) is 10.0 Å². The molecule has 0 bridgehead atoms. The lowest BCUT2D eigenvalue weighted by Crippen LogP contribution is -2.11. The minimum Gasteiger partial charge on any atom is -0.477 e. The number of nitrogens with zero attached hydrogens (tertiary/aromatic N) is 1. The summed E-state index contributed by atoms with van der Waals surface area (Å²) < 4.78 is 29.3. The highest BCUT2D eigenvalue weighted by Crippen LogP contribution is 2.28. The summed E-state index contributed by atoms with van der Waals surface area (Å²) in [5.41, 5.74) is 1.65. The van der Waals surface area contributed by atoms with Crippen LogP contribution in [0.3, 0.4) is 0 Å². The van der Waals surface area contributed by atoms with Gasteiger partial charge >= 0.3 is 5.97 Å². The van der Waals surface area contributed by atoms with E-state index in [0.29, 0.717) is 11.3 Å². The molecule has 0 amide bonds. The normalized spacial score (nSPS) is 11.4. The van der Waals surface area contributed by atoms with E-state index in [9.17, 15) is 13.2 Å². The molecule has 0 fully saturated rings. The third-order valence-electron chi connectivity index (χ3n) is 3.36. The van der Waals surface area contributed by atoms with Gasteiger partial charge in [-0.1, -0.05) is 6.07 Å². The number of aromatic carboxylic acids is 1. The largest absolute Gasteiger partial charge is 0.477 e. The number of aryl methyl sites for hydroxylation is 1. The van der Waals surface area contributed by atoms with Crippen LogP contribution in [0, 0.1) is 6.92 Å².